The number of ether oxygens (including phenoxy) is 1. The number of benzene rings is 2. The number of esters is 1. The van der Waals surface area contributed by atoms with E-state index in [1.54, 1.807) is 13.0 Å². The van der Waals surface area contributed by atoms with E-state index in [1.165, 1.54) is 18.2 Å². The SMILES string of the molecule is C=Cc1ccc(COC(=O)c2ccc3c(c2)C(=O)N(CC)C3=O)cc1. The van der Waals surface area contributed by atoms with Gasteiger partial charge in [0.2, 0.25) is 0 Å². The van der Waals surface area contributed by atoms with Gasteiger partial charge in [-0.05, 0) is 36.2 Å². The topological polar surface area (TPSA) is 63.7 Å². The molecule has 1 aliphatic heterocycles. The van der Waals surface area contributed by atoms with Gasteiger partial charge in [-0.15, -0.1) is 0 Å². The van der Waals surface area contributed by atoms with Crippen molar-refractivity contribution in [3.8, 4) is 0 Å². The Morgan fingerprint density at radius 1 is 1.08 bits per heavy atom. The van der Waals surface area contributed by atoms with Gasteiger partial charge in [0.1, 0.15) is 6.61 Å². The van der Waals surface area contributed by atoms with Gasteiger partial charge in [-0.1, -0.05) is 36.9 Å². The molecule has 2 aromatic rings. The van der Waals surface area contributed by atoms with Gasteiger partial charge in [0.15, 0.2) is 0 Å². The van der Waals surface area contributed by atoms with E-state index >= 15 is 0 Å². The lowest BCUT2D eigenvalue weighted by Crippen LogP contribution is -2.29. The number of fused-ring (bicyclic) bond motifs is 1. The third-order valence-corrected chi connectivity index (χ3v) is 4.11. The van der Waals surface area contributed by atoms with Crippen LogP contribution in [0.1, 0.15) is 49.1 Å². The third-order valence-electron chi connectivity index (χ3n) is 4.11. The second kappa shape index (κ2) is 6.73. The minimum Gasteiger partial charge on any atom is -0.457 e. The van der Waals surface area contributed by atoms with Crippen LogP contribution in [-0.4, -0.2) is 29.2 Å². The summed E-state index contributed by atoms with van der Waals surface area (Å²) < 4.78 is 5.29. The zero-order valence-electron chi connectivity index (χ0n) is 13.8. The van der Waals surface area contributed by atoms with Gasteiger partial charge in [0.05, 0.1) is 16.7 Å². The second-order valence-electron chi connectivity index (χ2n) is 5.64. The van der Waals surface area contributed by atoms with Crippen LogP contribution in [0.25, 0.3) is 6.08 Å². The maximum absolute atomic E-state index is 12.2. The zero-order chi connectivity index (χ0) is 18.0. The first-order valence-corrected chi connectivity index (χ1v) is 7.94. The van der Waals surface area contributed by atoms with Gasteiger partial charge in [-0.25, -0.2) is 4.79 Å². The molecule has 0 bridgehead atoms. The Morgan fingerprint density at radius 2 is 1.76 bits per heavy atom. The van der Waals surface area contributed by atoms with E-state index in [1.807, 2.05) is 24.3 Å². The molecular weight excluding hydrogens is 318 g/mol. The molecule has 0 aromatic heterocycles. The smallest absolute Gasteiger partial charge is 0.338 e. The quantitative estimate of drug-likeness (QED) is 0.621. The Hall–Kier alpha value is -3.21. The fourth-order valence-corrected chi connectivity index (χ4v) is 2.69. The average Bonchev–Trinajstić information content (AvgIpc) is 2.89. The summed E-state index contributed by atoms with van der Waals surface area (Å²) in [7, 11) is 0. The zero-order valence-corrected chi connectivity index (χ0v) is 13.8. The lowest BCUT2D eigenvalue weighted by molar-refractivity contribution is 0.0472. The Bertz CT molecular complexity index is 868. The van der Waals surface area contributed by atoms with Crippen LogP contribution in [0.2, 0.25) is 0 Å². The van der Waals surface area contributed by atoms with Crippen molar-refractivity contribution in [2.75, 3.05) is 6.54 Å². The summed E-state index contributed by atoms with van der Waals surface area (Å²) in [4.78, 5) is 37.6. The van der Waals surface area contributed by atoms with Crippen LogP contribution in [0.3, 0.4) is 0 Å². The lowest BCUT2D eigenvalue weighted by atomic mass is 10.1. The van der Waals surface area contributed by atoms with Crippen LogP contribution >= 0.6 is 0 Å². The second-order valence-corrected chi connectivity index (χ2v) is 5.64. The van der Waals surface area contributed by atoms with Crippen molar-refractivity contribution in [2.45, 2.75) is 13.5 Å². The molecule has 2 aromatic carbocycles. The maximum atomic E-state index is 12.2. The average molecular weight is 335 g/mol. The first-order valence-electron chi connectivity index (χ1n) is 7.94. The molecule has 126 valence electrons. The molecule has 25 heavy (non-hydrogen) atoms. The molecule has 0 fully saturated rings. The molecular formula is C20H17NO4. The normalized spacial score (nSPS) is 12.9. The number of hydrogen-bond donors (Lipinski definition) is 0. The summed E-state index contributed by atoms with van der Waals surface area (Å²) in [5.74, 6) is -1.24. The van der Waals surface area contributed by atoms with Crippen molar-refractivity contribution in [1.29, 1.82) is 0 Å². The molecule has 0 saturated carbocycles. The Morgan fingerprint density at radius 3 is 2.40 bits per heavy atom. The van der Waals surface area contributed by atoms with Crippen molar-refractivity contribution in [1.82, 2.24) is 4.90 Å². The molecule has 1 aliphatic rings. The molecule has 1 heterocycles. The van der Waals surface area contributed by atoms with Crippen LogP contribution in [-0.2, 0) is 11.3 Å². The highest BCUT2D eigenvalue weighted by Crippen LogP contribution is 2.24. The predicted molar refractivity (Wildman–Crippen MR) is 93.1 cm³/mol. The van der Waals surface area contributed by atoms with E-state index in [-0.39, 0.29) is 29.5 Å². The summed E-state index contributed by atoms with van der Waals surface area (Å²) in [6, 6.07) is 11.9. The minimum absolute atomic E-state index is 0.126. The first kappa shape index (κ1) is 16.6. The van der Waals surface area contributed by atoms with Gasteiger partial charge in [-0.3, -0.25) is 14.5 Å². The molecule has 0 spiro atoms. The minimum atomic E-state index is -0.536. The largest absolute Gasteiger partial charge is 0.457 e. The lowest BCUT2D eigenvalue weighted by Gasteiger charge is -2.08. The van der Waals surface area contributed by atoms with Crippen molar-refractivity contribution in [3.05, 3.63) is 76.9 Å². The summed E-state index contributed by atoms with van der Waals surface area (Å²) in [6.45, 7) is 5.84. The fourth-order valence-electron chi connectivity index (χ4n) is 2.69. The highest BCUT2D eigenvalue weighted by Gasteiger charge is 2.34. The number of imide groups is 1. The Kier molecular flexibility index (Phi) is 4.48. The molecule has 5 heteroatoms. The molecule has 2 amide bonds. The van der Waals surface area contributed by atoms with Crippen LogP contribution in [0, 0.1) is 0 Å². The van der Waals surface area contributed by atoms with Crippen LogP contribution in [0.4, 0.5) is 0 Å². The number of nitrogens with zero attached hydrogens (tertiary/aromatic N) is 1. The molecule has 3 rings (SSSR count). The van der Waals surface area contributed by atoms with E-state index in [0.29, 0.717) is 12.1 Å². The first-order chi connectivity index (χ1) is 12.0. The summed E-state index contributed by atoms with van der Waals surface area (Å²) in [5.41, 5.74) is 2.65. The highest BCUT2D eigenvalue weighted by molar-refractivity contribution is 6.21. The molecule has 0 atom stereocenters. The van der Waals surface area contributed by atoms with E-state index < -0.39 is 5.97 Å². The standard InChI is InChI=1S/C20H17NO4/c1-3-13-5-7-14(8-6-13)12-25-20(24)15-9-10-16-17(11-15)19(23)21(4-2)18(16)22/h3,5-11H,1,4,12H2,2H3. The van der Waals surface area contributed by atoms with Gasteiger partial charge >= 0.3 is 5.97 Å². The molecule has 0 N–H and O–H groups in total. The van der Waals surface area contributed by atoms with Crippen molar-refractivity contribution < 1.29 is 19.1 Å². The monoisotopic (exact) mass is 335 g/mol. The predicted octanol–water partition coefficient (Wildman–Crippen LogP) is 3.30. The van der Waals surface area contributed by atoms with E-state index in [2.05, 4.69) is 6.58 Å². The van der Waals surface area contributed by atoms with Crippen molar-refractivity contribution >= 4 is 23.9 Å². The van der Waals surface area contributed by atoms with Crippen LogP contribution in [0.15, 0.2) is 49.0 Å². The van der Waals surface area contributed by atoms with E-state index in [4.69, 9.17) is 4.74 Å². The number of rotatable bonds is 5. The highest BCUT2D eigenvalue weighted by atomic mass is 16.5. The summed E-state index contributed by atoms with van der Waals surface area (Å²) in [5, 5.41) is 0. The summed E-state index contributed by atoms with van der Waals surface area (Å²) >= 11 is 0. The van der Waals surface area contributed by atoms with Crippen LogP contribution in [0.5, 0.6) is 0 Å². The number of hydrogen-bond acceptors (Lipinski definition) is 4. The molecule has 0 aliphatic carbocycles. The van der Waals surface area contributed by atoms with Crippen molar-refractivity contribution in [3.63, 3.8) is 0 Å². The summed E-state index contributed by atoms with van der Waals surface area (Å²) in [6.07, 6.45) is 1.73. The van der Waals surface area contributed by atoms with Gasteiger partial charge in [0.25, 0.3) is 11.8 Å². The molecule has 5 nitrogen and oxygen atoms in total. The number of carbonyl (C=O) groups is 3. The van der Waals surface area contributed by atoms with E-state index in [0.717, 1.165) is 16.0 Å². The van der Waals surface area contributed by atoms with Gasteiger partial charge in [-0.2, -0.15) is 0 Å². The molecule has 0 radical (unpaired) electrons. The van der Waals surface area contributed by atoms with Gasteiger partial charge in [0, 0.05) is 6.54 Å². The number of carbonyl (C=O) groups excluding carboxylic acids is 3. The molecule has 0 saturated heterocycles. The van der Waals surface area contributed by atoms with E-state index in [9.17, 15) is 14.4 Å². The number of amides is 2. The van der Waals surface area contributed by atoms with Crippen molar-refractivity contribution in [2.24, 2.45) is 0 Å². The molecule has 0 unspecified atom stereocenters. The Labute approximate surface area is 145 Å². The maximum Gasteiger partial charge on any atom is 0.338 e. The Balaban J connectivity index is 1.73. The van der Waals surface area contributed by atoms with Gasteiger partial charge < -0.3 is 4.74 Å². The van der Waals surface area contributed by atoms with Crippen LogP contribution < -0.4 is 0 Å². The fraction of sp³-hybridized carbons (Fsp3) is 0.150. The third kappa shape index (κ3) is 3.08.